The van der Waals surface area contributed by atoms with E-state index in [1.54, 1.807) is 29.3 Å². The van der Waals surface area contributed by atoms with E-state index in [0.29, 0.717) is 10.7 Å². The molecule has 2 saturated heterocycles. The Morgan fingerprint density at radius 1 is 0.818 bits per heavy atom. The topological polar surface area (TPSA) is 49.9 Å². The Labute approximate surface area is 198 Å². The van der Waals surface area contributed by atoms with Gasteiger partial charge in [0.05, 0.1) is 17.4 Å². The molecule has 2 aliphatic heterocycles. The average Bonchev–Trinajstić information content (AvgIpc) is 3.30. The number of benzene rings is 3. The van der Waals surface area contributed by atoms with Crippen LogP contribution in [0.3, 0.4) is 0 Å². The van der Waals surface area contributed by atoms with Gasteiger partial charge in [-0.2, -0.15) is 0 Å². The van der Waals surface area contributed by atoms with Crippen molar-refractivity contribution in [2.75, 3.05) is 9.96 Å². The van der Waals surface area contributed by atoms with Crippen LogP contribution in [-0.4, -0.2) is 17.9 Å². The van der Waals surface area contributed by atoms with Gasteiger partial charge >= 0.3 is 0 Å². The summed E-state index contributed by atoms with van der Waals surface area (Å²) in [6.45, 7) is 6.49. The van der Waals surface area contributed by atoms with Crippen molar-refractivity contribution in [3.63, 3.8) is 0 Å². The van der Waals surface area contributed by atoms with Gasteiger partial charge in [-0.25, -0.2) is 9.96 Å². The zero-order chi connectivity index (χ0) is 23.3. The van der Waals surface area contributed by atoms with Crippen molar-refractivity contribution in [3.8, 4) is 0 Å². The van der Waals surface area contributed by atoms with Crippen molar-refractivity contribution in [1.82, 2.24) is 0 Å². The van der Waals surface area contributed by atoms with Crippen molar-refractivity contribution in [2.45, 2.75) is 38.3 Å². The van der Waals surface area contributed by atoms with Crippen molar-refractivity contribution >= 4 is 34.8 Å². The summed E-state index contributed by atoms with van der Waals surface area (Å²) in [5.74, 6) is -1.32. The minimum absolute atomic E-state index is 0.00881. The number of halogens is 1. The maximum absolute atomic E-state index is 13.7. The van der Waals surface area contributed by atoms with Crippen LogP contribution in [0.5, 0.6) is 0 Å². The number of hydrogen-bond acceptors (Lipinski definition) is 4. The van der Waals surface area contributed by atoms with Crippen LogP contribution in [0.1, 0.15) is 37.9 Å². The molecule has 0 N–H and O–H groups in total. The van der Waals surface area contributed by atoms with Gasteiger partial charge in [0.15, 0.2) is 6.10 Å². The molecular formula is C27H25ClN2O3. The molecule has 5 rings (SSSR count). The van der Waals surface area contributed by atoms with Gasteiger partial charge in [-0.05, 0) is 46.9 Å². The minimum Gasteiger partial charge on any atom is -0.273 e. The fourth-order valence-electron chi connectivity index (χ4n) is 4.60. The van der Waals surface area contributed by atoms with Crippen LogP contribution in [-0.2, 0) is 19.8 Å². The summed E-state index contributed by atoms with van der Waals surface area (Å²) >= 11 is 6.13. The normalized spacial score (nSPS) is 22.7. The summed E-state index contributed by atoms with van der Waals surface area (Å²) in [5, 5.41) is 2.18. The van der Waals surface area contributed by atoms with E-state index in [2.05, 4.69) is 32.9 Å². The highest BCUT2D eigenvalue weighted by Crippen LogP contribution is 2.47. The number of hydroxylamine groups is 1. The van der Waals surface area contributed by atoms with Gasteiger partial charge in [0.25, 0.3) is 5.91 Å². The van der Waals surface area contributed by atoms with Crippen molar-refractivity contribution in [3.05, 3.63) is 95.0 Å². The third-order valence-corrected chi connectivity index (χ3v) is 6.55. The molecule has 2 fully saturated rings. The first kappa shape index (κ1) is 21.7. The summed E-state index contributed by atoms with van der Waals surface area (Å²) in [4.78, 5) is 34.4. The zero-order valence-electron chi connectivity index (χ0n) is 18.7. The summed E-state index contributed by atoms with van der Waals surface area (Å²) < 4.78 is 0. The van der Waals surface area contributed by atoms with Crippen LogP contribution in [0.15, 0.2) is 78.9 Å². The molecular weight excluding hydrogens is 436 g/mol. The summed E-state index contributed by atoms with van der Waals surface area (Å²) in [6.07, 6.45) is -0.899. The number of carbonyl (C=O) groups is 2. The second-order valence-corrected chi connectivity index (χ2v) is 9.96. The number of fused-ring (bicyclic) bond motifs is 1. The Balaban J connectivity index is 1.57. The van der Waals surface area contributed by atoms with E-state index in [1.165, 1.54) is 10.5 Å². The second-order valence-electron chi connectivity index (χ2n) is 9.52. The molecule has 33 heavy (non-hydrogen) atoms. The zero-order valence-corrected chi connectivity index (χ0v) is 19.5. The Bertz CT molecular complexity index is 1200. The fraction of sp³-hybridized carbons (Fsp3) is 0.259. The van der Waals surface area contributed by atoms with Crippen LogP contribution in [0.2, 0.25) is 5.02 Å². The predicted molar refractivity (Wildman–Crippen MR) is 129 cm³/mol. The monoisotopic (exact) mass is 460 g/mol. The van der Waals surface area contributed by atoms with Gasteiger partial charge in [0.1, 0.15) is 5.92 Å². The lowest BCUT2D eigenvalue weighted by Gasteiger charge is -2.29. The van der Waals surface area contributed by atoms with Crippen molar-refractivity contribution in [1.29, 1.82) is 0 Å². The molecule has 0 aliphatic carbocycles. The SMILES string of the molecule is CC(C)(C)c1ccc([C@@H]2[C@@H]3C(=O)N(c4cccc(Cl)c4)C(=O)[C@H]3ON2c2ccccc2)cc1. The highest BCUT2D eigenvalue weighted by Gasteiger charge is 2.60. The van der Waals surface area contributed by atoms with Gasteiger partial charge in [0.2, 0.25) is 5.91 Å². The molecule has 0 spiro atoms. The molecule has 0 bridgehead atoms. The summed E-state index contributed by atoms with van der Waals surface area (Å²) in [7, 11) is 0. The lowest BCUT2D eigenvalue weighted by molar-refractivity contribution is -0.126. The van der Waals surface area contributed by atoms with E-state index in [4.69, 9.17) is 16.4 Å². The molecule has 0 unspecified atom stereocenters. The number of rotatable bonds is 3. The number of hydrogen-bond donors (Lipinski definition) is 0. The van der Waals surface area contributed by atoms with E-state index in [9.17, 15) is 9.59 Å². The highest BCUT2D eigenvalue weighted by molar-refractivity contribution is 6.31. The van der Waals surface area contributed by atoms with E-state index >= 15 is 0 Å². The third-order valence-electron chi connectivity index (χ3n) is 6.31. The molecule has 0 radical (unpaired) electrons. The fourth-order valence-corrected chi connectivity index (χ4v) is 4.79. The van der Waals surface area contributed by atoms with Crippen molar-refractivity contribution < 1.29 is 14.4 Å². The number of para-hydroxylation sites is 1. The van der Waals surface area contributed by atoms with Gasteiger partial charge in [-0.15, -0.1) is 0 Å². The number of anilines is 2. The second kappa shape index (κ2) is 8.01. The molecule has 6 heteroatoms. The van der Waals surface area contributed by atoms with Gasteiger partial charge in [-0.3, -0.25) is 14.4 Å². The van der Waals surface area contributed by atoms with E-state index in [1.807, 2.05) is 42.5 Å². The van der Waals surface area contributed by atoms with Crippen LogP contribution < -0.4 is 9.96 Å². The Hall–Kier alpha value is -3.15. The third kappa shape index (κ3) is 3.71. The average molecular weight is 461 g/mol. The van der Waals surface area contributed by atoms with E-state index in [0.717, 1.165) is 11.3 Å². The highest BCUT2D eigenvalue weighted by atomic mass is 35.5. The lowest BCUT2D eigenvalue weighted by Crippen LogP contribution is -2.37. The molecule has 2 aliphatic rings. The molecule has 5 nitrogen and oxygen atoms in total. The smallest absolute Gasteiger partial charge is 0.266 e. The van der Waals surface area contributed by atoms with Crippen molar-refractivity contribution in [2.24, 2.45) is 5.92 Å². The Morgan fingerprint density at radius 2 is 1.48 bits per heavy atom. The van der Waals surface area contributed by atoms with E-state index < -0.39 is 18.1 Å². The van der Waals surface area contributed by atoms with Crippen LogP contribution in [0.25, 0.3) is 0 Å². The van der Waals surface area contributed by atoms with Crippen LogP contribution >= 0.6 is 11.6 Å². The lowest BCUT2D eigenvalue weighted by atomic mass is 9.84. The summed E-state index contributed by atoms with van der Waals surface area (Å²) in [5.41, 5.74) is 3.39. The molecule has 0 saturated carbocycles. The number of amides is 2. The summed E-state index contributed by atoms with van der Waals surface area (Å²) in [6, 6.07) is 24.2. The molecule has 3 aromatic rings. The maximum atomic E-state index is 13.7. The molecule has 0 aromatic heterocycles. The van der Waals surface area contributed by atoms with Gasteiger partial charge in [-0.1, -0.05) is 80.9 Å². The largest absolute Gasteiger partial charge is 0.273 e. The standard InChI is InChI=1S/C27H25ClN2O3/c1-27(2,3)18-14-12-17(13-15-18)23-22-24(33-30(23)20-9-5-4-6-10-20)26(32)29(25(22)31)21-11-7-8-19(28)16-21/h4-16,22-24H,1-3H3/t22-,23+,24-/m0/s1. The maximum Gasteiger partial charge on any atom is 0.266 e. The number of carbonyl (C=O) groups excluding carboxylic acids is 2. The van der Waals surface area contributed by atoms with Crippen LogP contribution in [0, 0.1) is 5.92 Å². The molecule has 2 amide bonds. The predicted octanol–water partition coefficient (Wildman–Crippen LogP) is 5.69. The molecule has 3 atom stereocenters. The number of nitrogens with zero attached hydrogens (tertiary/aromatic N) is 2. The quantitative estimate of drug-likeness (QED) is 0.471. The van der Waals surface area contributed by atoms with Gasteiger partial charge in [0, 0.05) is 5.02 Å². The first-order chi connectivity index (χ1) is 15.8. The first-order valence-corrected chi connectivity index (χ1v) is 11.4. The Morgan fingerprint density at radius 3 is 2.12 bits per heavy atom. The van der Waals surface area contributed by atoms with Crippen LogP contribution in [0.4, 0.5) is 11.4 Å². The Kier molecular flexibility index (Phi) is 5.26. The number of imide groups is 1. The molecule has 168 valence electrons. The first-order valence-electron chi connectivity index (χ1n) is 11.0. The van der Waals surface area contributed by atoms with Gasteiger partial charge < -0.3 is 0 Å². The molecule has 3 aromatic carbocycles. The van der Waals surface area contributed by atoms with E-state index in [-0.39, 0.29) is 17.2 Å². The minimum atomic E-state index is -0.899. The molecule has 2 heterocycles.